The van der Waals surface area contributed by atoms with Gasteiger partial charge in [-0.25, -0.2) is 4.79 Å². The normalized spacial score (nSPS) is 11.8. The van der Waals surface area contributed by atoms with Crippen LogP contribution in [0.2, 0.25) is 0 Å². The fourth-order valence-electron chi connectivity index (χ4n) is 0.369. The predicted molar refractivity (Wildman–Crippen MR) is 36.4 cm³/mol. The molecule has 0 saturated heterocycles. The van der Waals surface area contributed by atoms with E-state index in [0.29, 0.717) is 6.92 Å². The number of carbonyl (C=O) groups excluding carboxylic acids is 1. The molecule has 0 spiro atoms. The summed E-state index contributed by atoms with van der Waals surface area (Å²) in [4.78, 5) is 10.4. The third-order valence-electron chi connectivity index (χ3n) is 0.906. The molecule has 0 aromatic carbocycles. The zero-order valence-electron chi connectivity index (χ0n) is 6.86. The Balaban J connectivity index is 3.71. The van der Waals surface area contributed by atoms with Gasteiger partial charge >= 0.3 is 11.9 Å². The molecule has 0 rings (SSSR count). The second-order valence-corrected chi connectivity index (χ2v) is 2.88. The van der Waals surface area contributed by atoms with Gasteiger partial charge in [-0.2, -0.15) is 8.78 Å². The number of halogens is 2. The first-order valence-electron chi connectivity index (χ1n) is 3.39. The molecule has 11 heavy (non-hydrogen) atoms. The minimum atomic E-state index is -3.37. The van der Waals surface area contributed by atoms with Gasteiger partial charge in [-0.15, -0.1) is 0 Å². The summed E-state index contributed by atoms with van der Waals surface area (Å²) in [5.41, 5.74) is 0. The first-order valence-corrected chi connectivity index (χ1v) is 3.39. The van der Waals surface area contributed by atoms with E-state index in [9.17, 15) is 13.6 Å². The molecule has 0 aromatic rings. The van der Waals surface area contributed by atoms with E-state index in [1.807, 2.05) is 0 Å². The number of hydrogen-bond donors (Lipinski definition) is 0. The lowest BCUT2D eigenvalue weighted by atomic mass is 10.2. The van der Waals surface area contributed by atoms with Gasteiger partial charge in [0.25, 0.3) is 0 Å². The van der Waals surface area contributed by atoms with Crippen LogP contribution < -0.4 is 0 Å². The van der Waals surface area contributed by atoms with Gasteiger partial charge in [0.1, 0.15) is 0 Å². The number of rotatable bonds is 3. The monoisotopic (exact) mass is 166 g/mol. The Morgan fingerprint density at radius 1 is 1.55 bits per heavy atom. The Bertz CT molecular complexity index is 138. The van der Waals surface area contributed by atoms with Crippen molar-refractivity contribution in [3.63, 3.8) is 0 Å². The van der Waals surface area contributed by atoms with E-state index in [4.69, 9.17) is 0 Å². The molecule has 0 saturated carbocycles. The largest absolute Gasteiger partial charge is 0.461 e. The highest BCUT2D eigenvalue weighted by atomic mass is 19.3. The summed E-state index contributed by atoms with van der Waals surface area (Å²) in [6, 6.07) is 0. The van der Waals surface area contributed by atoms with E-state index < -0.39 is 11.9 Å². The molecule has 0 heterocycles. The van der Waals surface area contributed by atoms with E-state index in [0.717, 1.165) is 0 Å². The maximum Gasteiger partial charge on any atom is 0.376 e. The molecule has 0 radical (unpaired) electrons. The average molecular weight is 166 g/mol. The number of ether oxygens (including phenoxy) is 1. The molecule has 0 atom stereocenters. The van der Waals surface area contributed by atoms with E-state index in [1.54, 1.807) is 13.8 Å². The molecule has 0 N–H and O–H groups in total. The van der Waals surface area contributed by atoms with Crippen LogP contribution in [-0.2, 0) is 9.53 Å². The topological polar surface area (TPSA) is 26.3 Å². The highest BCUT2D eigenvalue weighted by Gasteiger charge is 2.34. The molecular weight excluding hydrogens is 154 g/mol. The fraction of sp³-hybridized carbons (Fsp3) is 0.857. The lowest BCUT2D eigenvalue weighted by Crippen LogP contribution is -2.28. The molecule has 0 bridgehead atoms. The van der Waals surface area contributed by atoms with Crippen LogP contribution in [0.15, 0.2) is 0 Å². The van der Waals surface area contributed by atoms with E-state index in [-0.39, 0.29) is 12.5 Å². The van der Waals surface area contributed by atoms with Crippen molar-refractivity contribution in [2.75, 3.05) is 6.61 Å². The second-order valence-electron chi connectivity index (χ2n) is 2.88. The first-order chi connectivity index (χ1) is 4.84. The second kappa shape index (κ2) is 3.64. The highest BCUT2D eigenvalue weighted by Crippen LogP contribution is 2.13. The molecule has 0 aliphatic carbocycles. The Morgan fingerprint density at radius 2 is 2.00 bits per heavy atom. The molecule has 66 valence electrons. The lowest BCUT2D eigenvalue weighted by molar-refractivity contribution is -0.170. The average Bonchev–Trinajstić information content (AvgIpc) is 1.80. The summed E-state index contributed by atoms with van der Waals surface area (Å²) in [7, 11) is 0. The summed E-state index contributed by atoms with van der Waals surface area (Å²) in [6.07, 6.45) is 0. The minimum absolute atomic E-state index is 0.0439. The molecular formula is C7H12F2O2. The van der Waals surface area contributed by atoms with Crippen molar-refractivity contribution in [1.82, 2.24) is 0 Å². The molecule has 0 unspecified atom stereocenters. The SMILES string of the molecule is CC(C)COC(=O)C(C)(F)F. The van der Waals surface area contributed by atoms with E-state index >= 15 is 0 Å². The van der Waals surface area contributed by atoms with Gasteiger partial charge in [-0.05, 0) is 5.92 Å². The van der Waals surface area contributed by atoms with Crippen molar-refractivity contribution in [2.45, 2.75) is 26.7 Å². The van der Waals surface area contributed by atoms with Crippen molar-refractivity contribution in [3.05, 3.63) is 0 Å². The van der Waals surface area contributed by atoms with Crippen LogP contribution in [0, 0.1) is 5.92 Å². The molecule has 2 nitrogen and oxygen atoms in total. The molecule has 4 heteroatoms. The third-order valence-corrected chi connectivity index (χ3v) is 0.906. The van der Waals surface area contributed by atoms with Gasteiger partial charge in [0.2, 0.25) is 0 Å². The minimum Gasteiger partial charge on any atom is -0.461 e. The maximum atomic E-state index is 12.1. The van der Waals surface area contributed by atoms with Gasteiger partial charge in [0.05, 0.1) is 6.61 Å². The van der Waals surface area contributed by atoms with Crippen LogP contribution >= 0.6 is 0 Å². The van der Waals surface area contributed by atoms with Crippen molar-refractivity contribution in [2.24, 2.45) is 5.92 Å². The van der Waals surface area contributed by atoms with Crippen LogP contribution in [0.5, 0.6) is 0 Å². The molecule has 0 amide bonds. The smallest absolute Gasteiger partial charge is 0.376 e. The molecule has 0 aromatic heterocycles. The van der Waals surface area contributed by atoms with Gasteiger partial charge in [-0.1, -0.05) is 13.8 Å². The number of esters is 1. The van der Waals surface area contributed by atoms with Crippen molar-refractivity contribution in [1.29, 1.82) is 0 Å². The van der Waals surface area contributed by atoms with E-state index in [1.165, 1.54) is 0 Å². The van der Waals surface area contributed by atoms with Crippen LogP contribution in [0.4, 0.5) is 8.78 Å². The Morgan fingerprint density at radius 3 is 2.27 bits per heavy atom. The first kappa shape index (κ1) is 10.3. The highest BCUT2D eigenvalue weighted by molar-refractivity contribution is 5.76. The van der Waals surface area contributed by atoms with Gasteiger partial charge in [-0.3, -0.25) is 0 Å². The fourth-order valence-corrected chi connectivity index (χ4v) is 0.369. The Labute approximate surface area is 64.5 Å². The van der Waals surface area contributed by atoms with Gasteiger partial charge in [0, 0.05) is 6.92 Å². The van der Waals surface area contributed by atoms with Gasteiger partial charge < -0.3 is 4.74 Å². The quantitative estimate of drug-likeness (QED) is 0.598. The maximum absolute atomic E-state index is 12.1. The molecule has 0 aliphatic heterocycles. The predicted octanol–water partition coefficient (Wildman–Crippen LogP) is 1.84. The van der Waals surface area contributed by atoms with Crippen LogP contribution in [0.3, 0.4) is 0 Å². The number of alkyl halides is 2. The summed E-state index contributed by atoms with van der Waals surface area (Å²) in [5.74, 6) is -4.73. The summed E-state index contributed by atoms with van der Waals surface area (Å²) >= 11 is 0. The van der Waals surface area contributed by atoms with Crippen LogP contribution in [0.1, 0.15) is 20.8 Å². The summed E-state index contributed by atoms with van der Waals surface area (Å²) in [6.45, 7) is 4.13. The van der Waals surface area contributed by atoms with E-state index in [2.05, 4.69) is 4.74 Å². The zero-order chi connectivity index (χ0) is 9.07. The standard InChI is InChI=1S/C7H12F2O2/c1-5(2)4-11-6(10)7(3,8)9/h5H,4H2,1-3H3. The van der Waals surface area contributed by atoms with Crippen molar-refractivity contribution in [3.8, 4) is 0 Å². The number of hydrogen-bond acceptors (Lipinski definition) is 2. The van der Waals surface area contributed by atoms with Crippen LogP contribution in [-0.4, -0.2) is 18.5 Å². The lowest BCUT2D eigenvalue weighted by Gasteiger charge is -2.11. The number of carbonyl (C=O) groups is 1. The Hall–Kier alpha value is -0.670. The summed E-state index contributed by atoms with van der Waals surface area (Å²) in [5, 5.41) is 0. The third kappa shape index (κ3) is 4.70. The van der Waals surface area contributed by atoms with Gasteiger partial charge in [0.15, 0.2) is 0 Å². The van der Waals surface area contributed by atoms with Crippen LogP contribution in [0.25, 0.3) is 0 Å². The zero-order valence-corrected chi connectivity index (χ0v) is 6.86. The molecule has 0 fully saturated rings. The summed E-state index contributed by atoms with van der Waals surface area (Å²) < 4.78 is 28.5. The van der Waals surface area contributed by atoms with Crippen molar-refractivity contribution >= 4 is 5.97 Å². The molecule has 0 aliphatic rings. The van der Waals surface area contributed by atoms with Crippen molar-refractivity contribution < 1.29 is 18.3 Å². The Kier molecular flexibility index (Phi) is 3.42.